The number of fused-ring (bicyclic) bond motifs is 1. The summed E-state index contributed by atoms with van der Waals surface area (Å²) in [5.41, 5.74) is 1.70. The van der Waals surface area contributed by atoms with E-state index in [1.165, 1.54) is 11.8 Å². The Morgan fingerprint density at radius 3 is 2.86 bits per heavy atom. The van der Waals surface area contributed by atoms with E-state index in [9.17, 15) is 14.9 Å². The van der Waals surface area contributed by atoms with Crippen molar-refractivity contribution in [1.29, 1.82) is 5.26 Å². The van der Waals surface area contributed by atoms with Crippen LogP contribution in [0.3, 0.4) is 0 Å². The lowest BCUT2D eigenvalue weighted by atomic mass is 9.90. The van der Waals surface area contributed by atoms with Crippen LogP contribution in [0.2, 0.25) is 0 Å². The van der Waals surface area contributed by atoms with E-state index in [2.05, 4.69) is 11.4 Å². The number of amides is 2. The molecule has 0 spiro atoms. The third-order valence-corrected chi connectivity index (χ3v) is 6.59. The second-order valence-corrected chi connectivity index (χ2v) is 8.50. The molecule has 3 atom stereocenters. The van der Waals surface area contributed by atoms with Crippen molar-refractivity contribution in [3.05, 3.63) is 46.5 Å². The van der Waals surface area contributed by atoms with Crippen molar-refractivity contribution in [2.24, 2.45) is 5.92 Å². The zero-order valence-corrected chi connectivity index (χ0v) is 17.2. The standard InChI is InChI=1S/C21H25N3O4S/c1-14(15-5-3-2-4-6-15)11-19(26)23-20-17(12-22)16-7-8-24(13-18(16)29-20)21(27)28-10-9-25/h2-6,14,16,18,25H,7-11,13H2,1H3,(H,23,26). The molecule has 0 bridgehead atoms. The number of aliphatic hydroxyl groups excluding tert-OH is 1. The number of nitriles is 1. The Morgan fingerprint density at radius 1 is 1.41 bits per heavy atom. The third kappa shape index (κ3) is 5.11. The van der Waals surface area contributed by atoms with Crippen molar-refractivity contribution >= 4 is 23.8 Å². The minimum Gasteiger partial charge on any atom is -0.447 e. The van der Waals surface area contributed by atoms with Crippen LogP contribution in [0, 0.1) is 17.2 Å². The maximum absolute atomic E-state index is 12.6. The lowest BCUT2D eigenvalue weighted by Crippen LogP contribution is -2.44. The van der Waals surface area contributed by atoms with Crippen LogP contribution in [0.15, 0.2) is 40.9 Å². The Labute approximate surface area is 174 Å². The minimum absolute atomic E-state index is 0.0157. The highest BCUT2D eigenvalue weighted by atomic mass is 32.2. The highest BCUT2D eigenvalue weighted by Gasteiger charge is 2.41. The van der Waals surface area contributed by atoms with Gasteiger partial charge >= 0.3 is 6.09 Å². The number of ether oxygens (including phenoxy) is 1. The predicted molar refractivity (Wildman–Crippen MR) is 110 cm³/mol. The number of thioether (sulfide) groups is 1. The average Bonchev–Trinajstić information content (AvgIpc) is 3.08. The van der Waals surface area contributed by atoms with Crippen molar-refractivity contribution in [2.45, 2.75) is 30.9 Å². The van der Waals surface area contributed by atoms with E-state index >= 15 is 0 Å². The average molecular weight is 416 g/mol. The normalized spacial score (nSPS) is 21.9. The number of allylic oxidation sites excluding steroid dienone is 1. The molecule has 0 aliphatic carbocycles. The summed E-state index contributed by atoms with van der Waals surface area (Å²) in [5.74, 6) is -0.0176. The Balaban J connectivity index is 1.59. The molecule has 2 aliphatic rings. The Morgan fingerprint density at radius 2 is 2.17 bits per heavy atom. The van der Waals surface area contributed by atoms with Gasteiger partial charge in [0, 0.05) is 30.7 Å². The zero-order valence-electron chi connectivity index (χ0n) is 16.3. The molecular formula is C21H25N3O4S. The highest BCUT2D eigenvalue weighted by Crippen LogP contribution is 2.44. The molecule has 2 N–H and O–H groups in total. The van der Waals surface area contributed by atoms with Crippen LogP contribution >= 0.6 is 11.8 Å². The van der Waals surface area contributed by atoms with Gasteiger partial charge in [0.15, 0.2) is 0 Å². The number of piperidine rings is 1. The molecule has 0 saturated carbocycles. The minimum atomic E-state index is -0.453. The monoisotopic (exact) mass is 415 g/mol. The zero-order chi connectivity index (χ0) is 20.8. The first-order valence-electron chi connectivity index (χ1n) is 9.71. The molecule has 0 radical (unpaired) electrons. The fourth-order valence-corrected chi connectivity index (χ4v) is 5.22. The fourth-order valence-electron chi connectivity index (χ4n) is 3.73. The molecule has 1 aromatic rings. The van der Waals surface area contributed by atoms with Gasteiger partial charge in [0.05, 0.1) is 23.3 Å². The second-order valence-electron chi connectivity index (χ2n) is 7.25. The van der Waals surface area contributed by atoms with E-state index in [1.807, 2.05) is 37.3 Å². The summed E-state index contributed by atoms with van der Waals surface area (Å²) in [5, 5.41) is 22.0. The van der Waals surface area contributed by atoms with E-state index < -0.39 is 6.09 Å². The molecule has 2 amide bonds. The lowest BCUT2D eigenvalue weighted by molar-refractivity contribution is -0.120. The van der Waals surface area contributed by atoms with Crippen molar-refractivity contribution in [3.8, 4) is 6.07 Å². The van der Waals surface area contributed by atoms with E-state index in [0.29, 0.717) is 36.5 Å². The van der Waals surface area contributed by atoms with Crippen LogP contribution in [0.1, 0.15) is 31.2 Å². The first kappa shape index (κ1) is 21.2. The number of nitrogens with zero attached hydrogens (tertiary/aromatic N) is 2. The number of carbonyl (C=O) groups excluding carboxylic acids is 2. The molecule has 2 aliphatic heterocycles. The van der Waals surface area contributed by atoms with Gasteiger partial charge in [-0.2, -0.15) is 5.26 Å². The van der Waals surface area contributed by atoms with E-state index in [4.69, 9.17) is 9.84 Å². The van der Waals surface area contributed by atoms with Gasteiger partial charge in [0.1, 0.15) is 6.61 Å². The maximum atomic E-state index is 12.6. The van der Waals surface area contributed by atoms with Gasteiger partial charge in [-0.1, -0.05) is 37.3 Å². The molecule has 1 aromatic carbocycles. The van der Waals surface area contributed by atoms with Crippen LogP contribution in [0.4, 0.5) is 4.79 Å². The fraction of sp³-hybridized carbons (Fsp3) is 0.476. The molecule has 3 unspecified atom stereocenters. The SMILES string of the molecule is CC(CC(=O)NC1=C(C#N)C2CCN(C(=O)OCCO)CC2S1)c1ccccc1. The molecule has 0 aromatic heterocycles. The summed E-state index contributed by atoms with van der Waals surface area (Å²) >= 11 is 1.45. The molecule has 8 heteroatoms. The number of hydrogen-bond acceptors (Lipinski definition) is 6. The summed E-state index contributed by atoms with van der Waals surface area (Å²) < 4.78 is 4.99. The van der Waals surface area contributed by atoms with Crippen LogP contribution in [-0.4, -0.2) is 53.6 Å². The Kier molecular flexibility index (Phi) is 7.18. The van der Waals surface area contributed by atoms with Crippen molar-refractivity contribution in [1.82, 2.24) is 10.2 Å². The van der Waals surface area contributed by atoms with Crippen LogP contribution in [-0.2, 0) is 9.53 Å². The Bertz CT molecular complexity index is 821. The summed E-state index contributed by atoms with van der Waals surface area (Å²) in [4.78, 5) is 26.2. The third-order valence-electron chi connectivity index (χ3n) is 5.25. The number of aliphatic hydroxyl groups is 1. The van der Waals surface area contributed by atoms with Crippen molar-refractivity contribution in [2.75, 3.05) is 26.3 Å². The summed E-state index contributed by atoms with van der Waals surface area (Å²) in [6.45, 7) is 2.71. The van der Waals surface area contributed by atoms with Gasteiger partial charge < -0.3 is 20.1 Å². The number of rotatable bonds is 6. The first-order chi connectivity index (χ1) is 14.0. The molecule has 3 rings (SSSR count). The summed E-state index contributed by atoms with van der Waals surface area (Å²) in [6, 6.07) is 12.1. The smallest absolute Gasteiger partial charge is 0.409 e. The van der Waals surface area contributed by atoms with E-state index in [-0.39, 0.29) is 36.2 Å². The maximum Gasteiger partial charge on any atom is 0.409 e. The molecule has 1 saturated heterocycles. The molecule has 154 valence electrons. The molecular weight excluding hydrogens is 390 g/mol. The quantitative estimate of drug-likeness (QED) is 0.740. The van der Waals surface area contributed by atoms with Gasteiger partial charge in [-0.05, 0) is 17.9 Å². The second kappa shape index (κ2) is 9.81. The van der Waals surface area contributed by atoms with E-state index in [0.717, 1.165) is 5.56 Å². The van der Waals surface area contributed by atoms with Crippen molar-refractivity contribution in [3.63, 3.8) is 0 Å². The highest BCUT2D eigenvalue weighted by molar-refractivity contribution is 8.04. The lowest BCUT2D eigenvalue weighted by Gasteiger charge is -2.33. The molecule has 7 nitrogen and oxygen atoms in total. The number of likely N-dealkylation sites (tertiary alicyclic amines) is 1. The number of hydrogen-bond donors (Lipinski definition) is 2. The topological polar surface area (TPSA) is 103 Å². The van der Waals surface area contributed by atoms with E-state index in [1.54, 1.807) is 4.90 Å². The number of benzene rings is 1. The summed E-state index contributed by atoms with van der Waals surface area (Å²) in [6.07, 6.45) is 0.529. The largest absolute Gasteiger partial charge is 0.447 e. The van der Waals surface area contributed by atoms with Crippen LogP contribution in [0.5, 0.6) is 0 Å². The van der Waals surface area contributed by atoms with Crippen LogP contribution in [0.25, 0.3) is 0 Å². The predicted octanol–water partition coefficient (Wildman–Crippen LogP) is 2.60. The number of carbonyl (C=O) groups is 2. The summed E-state index contributed by atoms with van der Waals surface area (Å²) in [7, 11) is 0. The number of nitrogens with one attached hydrogen (secondary N) is 1. The first-order valence-corrected chi connectivity index (χ1v) is 10.6. The Hall–Kier alpha value is -2.50. The molecule has 2 heterocycles. The van der Waals surface area contributed by atoms with Crippen LogP contribution < -0.4 is 5.32 Å². The van der Waals surface area contributed by atoms with Gasteiger partial charge in [-0.3, -0.25) is 4.79 Å². The molecule has 29 heavy (non-hydrogen) atoms. The van der Waals surface area contributed by atoms with Gasteiger partial charge in [-0.25, -0.2) is 4.79 Å². The van der Waals surface area contributed by atoms with Gasteiger partial charge in [0.25, 0.3) is 0 Å². The molecule has 1 fully saturated rings. The van der Waals surface area contributed by atoms with Gasteiger partial charge in [-0.15, -0.1) is 11.8 Å². The van der Waals surface area contributed by atoms with Crippen molar-refractivity contribution < 1.29 is 19.4 Å². The van der Waals surface area contributed by atoms with Gasteiger partial charge in [0.2, 0.25) is 5.91 Å².